The number of nitrogens with zero attached hydrogens (tertiary/aromatic N) is 1. The smallest absolute Gasteiger partial charge is 0.0403 e. The van der Waals surface area contributed by atoms with E-state index in [2.05, 4.69) is 39.0 Å². The van der Waals surface area contributed by atoms with Crippen LogP contribution in [-0.4, -0.2) is 19.1 Å². The Morgan fingerprint density at radius 1 is 1.44 bits per heavy atom. The molecule has 0 radical (unpaired) electrons. The molecular weight excluding hydrogens is 264 g/mol. The second kappa shape index (κ2) is 4.04. The molecule has 0 spiro atoms. The number of benzene rings is 1. The minimum absolute atomic E-state index is 0.656. The Bertz CT molecular complexity index is 405. The third-order valence-corrected chi connectivity index (χ3v) is 4.49. The highest BCUT2D eigenvalue weighted by molar-refractivity contribution is 9.10. The van der Waals surface area contributed by atoms with Gasteiger partial charge >= 0.3 is 0 Å². The SMILES string of the molecule is NCC1CCCN2c3ccc(Br)cc3CC12. The largest absolute Gasteiger partial charge is 0.368 e. The zero-order valence-corrected chi connectivity index (χ0v) is 10.9. The van der Waals surface area contributed by atoms with Crippen LogP contribution in [0.3, 0.4) is 0 Å². The van der Waals surface area contributed by atoms with Crippen LogP contribution in [0.1, 0.15) is 18.4 Å². The lowest BCUT2D eigenvalue weighted by molar-refractivity contribution is 0.339. The maximum Gasteiger partial charge on any atom is 0.0403 e. The van der Waals surface area contributed by atoms with Crippen molar-refractivity contribution in [3.8, 4) is 0 Å². The predicted molar refractivity (Wildman–Crippen MR) is 70.8 cm³/mol. The molecule has 86 valence electrons. The second-order valence-corrected chi connectivity index (χ2v) is 5.79. The molecule has 3 rings (SSSR count). The molecule has 0 aromatic heterocycles. The standard InChI is InChI=1S/C13H17BrN2/c14-11-3-4-12-10(6-11)7-13-9(8-15)2-1-5-16(12)13/h3-4,6,9,13H,1-2,5,7-8,15H2. The lowest BCUT2D eigenvalue weighted by Gasteiger charge is -2.38. The molecule has 0 bridgehead atoms. The average Bonchev–Trinajstić information content (AvgIpc) is 2.65. The molecule has 2 atom stereocenters. The van der Waals surface area contributed by atoms with E-state index in [0.717, 1.165) is 6.54 Å². The highest BCUT2D eigenvalue weighted by Crippen LogP contribution is 2.40. The summed E-state index contributed by atoms with van der Waals surface area (Å²) in [5, 5.41) is 0. The third kappa shape index (κ3) is 1.57. The van der Waals surface area contributed by atoms with Gasteiger partial charge in [-0.25, -0.2) is 0 Å². The predicted octanol–water partition coefficient (Wildman–Crippen LogP) is 2.55. The zero-order valence-electron chi connectivity index (χ0n) is 9.32. The Morgan fingerprint density at radius 3 is 3.12 bits per heavy atom. The van der Waals surface area contributed by atoms with Gasteiger partial charge < -0.3 is 10.6 Å². The molecule has 1 aromatic rings. The number of fused-ring (bicyclic) bond motifs is 3. The van der Waals surface area contributed by atoms with Gasteiger partial charge in [-0.3, -0.25) is 0 Å². The van der Waals surface area contributed by atoms with Crippen LogP contribution >= 0.6 is 15.9 Å². The van der Waals surface area contributed by atoms with Crippen molar-refractivity contribution in [1.29, 1.82) is 0 Å². The van der Waals surface area contributed by atoms with E-state index in [1.807, 2.05) is 0 Å². The molecule has 2 aliphatic rings. The van der Waals surface area contributed by atoms with Gasteiger partial charge in [-0.2, -0.15) is 0 Å². The maximum atomic E-state index is 5.89. The Balaban J connectivity index is 1.96. The summed E-state index contributed by atoms with van der Waals surface area (Å²) >= 11 is 3.55. The lowest BCUT2D eigenvalue weighted by atomic mass is 9.89. The van der Waals surface area contributed by atoms with E-state index in [-0.39, 0.29) is 0 Å². The van der Waals surface area contributed by atoms with Crippen LogP contribution in [0.5, 0.6) is 0 Å². The Labute approximate surface area is 105 Å². The summed E-state index contributed by atoms with van der Waals surface area (Å²) in [4.78, 5) is 2.57. The zero-order chi connectivity index (χ0) is 11.1. The van der Waals surface area contributed by atoms with Gasteiger partial charge in [0.1, 0.15) is 0 Å². The molecule has 1 fully saturated rings. The van der Waals surface area contributed by atoms with Crippen molar-refractivity contribution >= 4 is 21.6 Å². The molecule has 2 N–H and O–H groups in total. The molecule has 2 aliphatic heterocycles. The summed E-state index contributed by atoms with van der Waals surface area (Å²) in [6.07, 6.45) is 3.76. The molecule has 0 saturated carbocycles. The van der Waals surface area contributed by atoms with Gasteiger partial charge in [0.2, 0.25) is 0 Å². The monoisotopic (exact) mass is 280 g/mol. The summed E-state index contributed by atoms with van der Waals surface area (Å²) in [5.74, 6) is 0.680. The average molecular weight is 281 g/mol. The molecule has 1 aromatic carbocycles. The Hall–Kier alpha value is -0.540. The molecule has 0 amide bonds. The van der Waals surface area contributed by atoms with Crippen molar-refractivity contribution in [3.63, 3.8) is 0 Å². The van der Waals surface area contributed by atoms with E-state index in [9.17, 15) is 0 Å². The van der Waals surface area contributed by atoms with Crippen LogP contribution in [0.25, 0.3) is 0 Å². The van der Waals surface area contributed by atoms with Crippen molar-refractivity contribution in [2.24, 2.45) is 11.7 Å². The quantitative estimate of drug-likeness (QED) is 0.857. The van der Waals surface area contributed by atoms with Crippen molar-refractivity contribution in [2.45, 2.75) is 25.3 Å². The van der Waals surface area contributed by atoms with Crippen LogP contribution in [0.4, 0.5) is 5.69 Å². The van der Waals surface area contributed by atoms with Crippen LogP contribution in [-0.2, 0) is 6.42 Å². The minimum atomic E-state index is 0.656. The highest BCUT2D eigenvalue weighted by atomic mass is 79.9. The van der Waals surface area contributed by atoms with Crippen LogP contribution in [0, 0.1) is 5.92 Å². The Morgan fingerprint density at radius 2 is 2.31 bits per heavy atom. The van der Waals surface area contributed by atoms with Gasteiger partial charge in [-0.1, -0.05) is 15.9 Å². The van der Waals surface area contributed by atoms with E-state index in [1.54, 1.807) is 0 Å². The number of hydrogen-bond acceptors (Lipinski definition) is 2. The fourth-order valence-electron chi connectivity index (χ4n) is 3.21. The molecule has 0 aliphatic carbocycles. The van der Waals surface area contributed by atoms with E-state index in [4.69, 9.17) is 5.73 Å². The number of hydrogen-bond donors (Lipinski definition) is 1. The van der Waals surface area contributed by atoms with Crippen molar-refractivity contribution in [3.05, 3.63) is 28.2 Å². The van der Waals surface area contributed by atoms with Gasteiger partial charge in [-0.05, 0) is 55.5 Å². The van der Waals surface area contributed by atoms with Gasteiger partial charge in [0.25, 0.3) is 0 Å². The van der Waals surface area contributed by atoms with Gasteiger partial charge in [0, 0.05) is 22.7 Å². The molecule has 2 heterocycles. The van der Waals surface area contributed by atoms with Crippen molar-refractivity contribution in [1.82, 2.24) is 0 Å². The lowest BCUT2D eigenvalue weighted by Crippen LogP contribution is -2.45. The molecule has 3 heteroatoms. The first kappa shape index (κ1) is 10.6. The number of anilines is 1. The van der Waals surface area contributed by atoms with Gasteiger partial charge in [0.05, 0.1) is 0 Å². The molecular formula is C13H17BrN2. The number of rotatable bonds is 1. The minimum Gasteiger partial charge on any atom is -0.368 e. The van der Waals surface area contributed by atoms with E-state index in [1.165, 1.54) is 41.5 Å². The van der Waals surface area contributed by atoms with Crippen molar-refractivity contribution < 1.29 is 0 Å². The first-order valence-electron chi connectivity index (χ1n) is 6.04. The fraction of sp³-hybridized carbons (Fsp3) is 0.538. The molecule has 16 heavy (non-hydrogen) atoms. The third-order valence-electron chi connectivity index (χ3n) is 4.00. The molecule has 2 unspecified atom stereocenters. The Kier molecular flexibility index (Phi) is 2.68. The fourth-order valence-corrected chi connectivity index (χ4v) is 3.62. The van der Waals surface area contributed by atoms with Gasteiger partial charge in [0.15, 0.2) is 0 Å². The molecule has 1 saturated heterocycles. The van der Waals surface area contributed by atoms with Crippen LogP contribution in [0.2, 0.25) is 0 Å². The summed E-state index contributed by atoms with van der Waals surface area (Å²) in [6.45, 7) is 2.03. The maximum absolute atomic E-state index is 5.89. The van der Waals surface area contributed by atoms with Crippen LogP contribution < -0.4 is 10.6 Å². The summed E-state index contributed by atoms with van der Waals surface area (Å²) in [6, 6.07) is 7.32. The normalized spacial score (nSPS) is 27.8. The highest BCUT2D eigenvalue weighted by Gasteiger charge is 2.36. The first-order valence-corrected chi connectivity index (χ1v) is 6.84. The second-order valence-electron chi connectivity index (χ2n) is 4.88. The summed E-state index contributed by atoms with van der Waals surface area (Å²) in [5.41, 5.74) is 8.81. The summed E-state index contributed by atoms with van der Waals surface area (Å²) < 4.78 is 1.19. The topological polar surface area (TPSA) is 29.3 Å². The first-order chi connectivity index (χ1) is 7.79. The van der Waals surface area contributed by atoms with E-state index < -0.39 is 0 Å². The molecule has 2 nitrogen and oxygen atoms in total. The van der Waals surface area contributed by atoms with Crippen LogP contribution in [0.15, 0.2) is 22.7 Å². The van der Waals surface area contributed by atoms with Gasteiger partial charge in [-0.15, -0.1) is 0 Å². The number of halogens is 1. The number of nitrogens with two attached hydrogens (primary N) is 1. The number of piperidine rings is 1. The van der Waals surface area contributed by atoms with Crippen molar-refractivity contribution in [2.75, 3.05) is 18.0 Å². The van der Waals surface area contributed by atoms with E-state index >= 15 is 0 Å². The summed E-state index contributed by atoms with van der Waals surface area (Å²) in [7, 11) is 0. The van der Waals surface area contributed by atoms with E-state index in [0.29, 0.717) is 12.0 Å².